The summed E-state index contributed by atoms with van der Waals surface area (Å²) in [6.45, 7) is 14.5. The Labute approximate surface area is 230 Å². The van der Waals surface area contributed by atoms with Crippen molar-refractivity contribution in [1.82, 2.24) is 4.98 Å². The number of aliphatic hydroxyl groups is 2. The van der Waals surface area contributed by atoms with Crippen molar-refractivity contribution in [2.45, 2.75) is 124 Å². The predicted molar refractivity (Wildman–Crippen MR) is 146 cm³/mol. The molecule has 2 aliphatic rings. The molecule has 2 saturated heterocycles. The highest BCUT2D eigenvalue weighted by molar-refractivity contribution is 7.09. The number of aromatic nitrogens is 1. The van der Waals surface area contributed by atoms with Crippen LogP contribution in [-0.2, 0) is 23.8 Å². The molecule has 3 heterocycles. The van der Waals surface area contributed by atoms with Gasteiger partial charge in [-0.1, -0.05) is 34.1 Å². The van der Waals surface area contributed by atoms with Gasteiger partial charge < -0.3 is 24.4 Å². The quantitative estimate of drug-likeness (QED) is 0.502. The Kier molecular flexibility index (Phi) is 9.96. The normalized spacial score (nSPS) is 35.5. The molecule has 0 aliphatic carbocycles. The molecule has 8 nitrogen and oxygen atoms in total. The predicted octanol–water partition coefficient (Wildman–Crippen LogP) is 4.84. The summed E-state index contributed by atoms with van der Waals surface area (Å²) in [6.07, 6.45) is 0.923. The largest absolute Gasteiger partial charge is 0.458 e. The fraction of sp³-hybridized carbons (Fsp3) is 0.759. The Morgan fingerprint density at radius 3 is 2.39 bits per heavy atom. The van der Waals surface area contributed by atoms with Crippen molar-refractivity contribution in [1.29, 1.82) is 0 Å². The van der Waals surface area contributed by atoms with E-state index in [0.717, 1.165) is 29.1 Å². The van der Waals surface area contributed by atoms with E-state index in [-0.39, 0.29) is 30.3 Å². The molecule has 1 aromatic heterocycles. The second-order valence-electron chi connectivity index (χ2n) is 12.1. The van der Waals surface area contributed by atoms with E-state index >= 15 is 0 Å². The van der Waals surface area contributed by atoms with Crippen LogP contribution >= 0.6 is 11.3 Å². The summed E-state index contributed by atoms with van der Waals surface area (Å²) in [5.41, 5.74) is 0.376. The van der Waals surface area contributed by atoms with Gasteiger partial charge in [0.1, 0.15) is 11.9 Å². The summed E-state index contributed by atoms with van der Waals surface area (Å²) in [5, 5.41) is 24.8. The molecule has 2 fully saturated rings. The van der Waals surface area contributed by atoms with Crippen LogP contribution < -0.4 is 0 Å². The third-order valence-electron chi connectivity index (χ3n) is 8.01. The van der Waals surface area contributed by atoms with Gasteiger partial charge in [-0.25, -0.2) is 4.98 Å². The van der Waals surface area contributed by atoms with Gasteiger partial charge in [0, 0.05) is 17.7 Å². The van der Waals surface area contributed by atoms with Crippen molar-refractivity contribution in [3.63, 3.8) is 0 Å². The van der Waals surface area contributed by atoms with Crippen LogP contribution in [0.4, 0.5) is 0 Å². The number of Topliss-reactive ketones (excluding diaryl/α,β-unsaturated/α-hetero) is 1. The van der Waals surface area contributed by atoms with Gasteiger partial charge in [-0.3, -0.25) is 9.59 Å². The number of nitrogens with zero attached hydrogens (tertiary/aromatic N) is 1. The zero-order chi connectivity index (χ0) is 28.4. The first-order chi connectivity index (χ1) is 17.6. The van der Waals surface area contributed by atoms with Crippen LogP contribution in [0.3, 0.4) is 0 Å². The van der Waals surface area contributed by atoms with Crippen LogP contribution in [0.1, 0.15) is 91.3 Å². The van der Waals surface area contributed by atoms with Crippen molar-refractivity contribution in [2.75, 3.05) is 0 Å². The number of aryl methyl sites for hydroxylation is 1. The summed E-state index contributed by atoms with van der Waals surface area (Å²) < 4.78 is 18.4. The van der Waals surface area contributed by atoms with E-state index in [0.29, 0.717) is 12.8 Å². The van der Waals surface area contributed by atoms with Crippen molar-refractivity contribution < 1.29 is 34.0 Å². The summed E-state index contributed by atoms with van der Waals surface area (Å²) in [4.78, 5) is 30.9. The molecule has 214 valence electrons. The second kappa shape index (κ2) is 12.3. The van der Waals surface area contributed by atoms with Crippen LogP contribution in [0.5, 0.6) is 0 Å². The maximum atomic E-state index is 13.3. The molecule has 7 atom stereocenters. The Balaban J connectivity index is 1.93. The average Bonchev–Trinajstić information content (AvgIpc) is 3.36. The fourth-order valence-electron chi connectivity index (χ4n) is 5.49. The second-order valence-corrected chi connectivity index (χ2v) is 13.2. The lowest BCUT2D eigenvalue weighted by atomic mass is 9.73. The molecule has 2 N–H and O–H groups in total. The average molecular weight is 552 g/mol. The van der Waals surface area contributed by atoms with Gasteiger partial charge in [0.05, 0.1) is 47.0 Å². The van der Waals surface area contributed by atoms with Crippen molar-refractivity contribution >= 4 is 29.2 Å². The zero-order valence-corrected chi connectivity index (χ0v) is 24.8. The number of esters is 1. The van der Waals surface area contributed by atoms with Gasteiger partial charge >= 0.3 is 5.97 Å². The van der Waals surface area contributed by atoms with E-state index in [1.165, 1.54) is 0 Å². The third-order valence-corrected chi connectivity index (χ3v) is 8.80. The van der Waals surface area contributed by atoms with Crippen LogP contribution in [-0.4, -0.2) is 63.3 Å². The lowest BCUT2D eigenvalue weighted by Gasteiger charge is -2.34. The van der Waals surface area contributed by atoms with Crippen LogP contribution in [0.25, 0.3) is 6.08 Å². The van der Waals surface area contributed by atoms with Gasteiger partial charge in [0.15, 0.2) is 5.79 Å². The summed E-state index contributed by atoms with van der Waals surface area (Å²) in [7, 11) is 0. The highest BCUT2D eigenvalue weighted by Gasteiger charge is 2.45. The number of ketones is 1. The standard InChI is InChI=1S/C29H45NO7S/c1-16-10-9-11-21-23(37-29(7,8)36-21)13-22(17(2)12-20-15-38-19(4)30-20)35-25(32)14-24(31)28(5,6)27(34)18(3)26(16)33/h12,15-16,18,21-24,26,31,33H,9-11,13-14H2,1-8H3/b17-12+/t16-,18+,21+,22-,23-,24?,26-/m0/s1. The Hall–Kier alpha value is -1.65. The molecule has 0 amide bonds. The molecule has 2 aliphatic heterocycles. The number of cyclic esters (lactones) is 1. The lowest BCUT2D eigenvalue weighted by molar-refractivity contribution is -0.157. The molecule has 9 heteroatoms. The smallest absolute Gasteiger partial charge is 0.309 e. The molecule has 0 aromatic carbocycles. The number of aliphatic hydroxyl groups excluding tert-OH is 2. The summed E-state index contributed by atoms with van der Waals surface area (Å²) >= 11 is 1.55. The van der Waals surface area contributed by atoms with Crippen molar-refractivity contribution in [2.24, 2.45) is 17.3 Å². The Morgan fingerprint density at radius 1 is 1.11 bits per heavy atom. The maximum Gasteiger partial charge on any atom is 0.309 e. The molecule has 0 bridgehead atoms. The first-order valence-electron chi connectivity index (χ1n) is 13.7. The van der Waals surface area contributed by atoms with E-state index in [1.54, 1.807) is 32.1 Å². The van der Waals surface area contributed by atoms with Gasteiger partial charge in [0.2, 0.25) is 0 Å². The number of ether oxygens (including phenoxy) is 3. The third kappa shape index (κ3) is 7.50. The van der Waals surface area contributed by atoms with E-state index in [1.807, 2.05) is 46.1 Å². The number of rotatable bonds is 2. The highest BCUT2D eigenvalue weighted by atomic mass is 32.1. The minimum Gasteiger partial charge on any atom is -0.458 e. The summed E-state index contributed by atoms with van der Waals surface area (Å²) in [6, 6.07) is 0. The van der Waals surface area contributed by atoms with Gasteiger partial charge in [-0.05, 0) is 58.1 Å². The number of thiazole rings is 1. The SMILES string of the molecule is C/C(=C\c1csc(C)n1)[C@@H]1C[C@@H]2OC(C)(C)O[C@@H]2CCC[C@H](C)[C@H](O)[C@@H](C)C(=O)C(C)(C)C(O)CC(=O)O1. The molecule has 0 radical (unpaired) electrons. The van der Waals surface area contributed by atoms with Gasteiger partial charge in [-0.2, -0.15) is 0 Å². The molecular formula is C29H45NO7S. The van der Waals surface area contributed by atoms with Gasteiger partial charge in [0.25, 0.3) is 0 Å². The minimum absolute atomic E-state index is 0.118. The first kappa shape index (κ1) is 30.9. The van der Waals surface area contributed by atoms with Gasteiger partial charge in [-0.15, -0.1) is 11.3 Å². The van der Waals surface area contributed by atoms with Crippen LogP contribution in [0, 0.1) is 24.2 Å². The molecule has 38 heavy (non-hydrogen) atoms. The first-order valence-corrected chi connectivity index (χ1v) is 14.5. The van der Waals surface area contributed by atoms with Crippen molar-refractivity contribution in [3.8, 4) is 0 Å². The number of fused-ring (bicyclic) bond motifs is 1. The summed E-state index contributed by atoms with van der Waals surface area (Å²) in [5.74, 6) is -2.45. The zero-order valence-electron chi connectivity index (χ0n) is 24.0. The maximum absolute atomic E-state index is 13.3. The van der Waals surface area contributed by atoms with Crippen LogP contribution in [0.15, 0.2) is 11.0 Å². The monoisotopic (exact) mass is 551 g/mol. The molecular weight excluding hydrogens is 506 g/mol. The van der Waals surface area contributed by atoms with Crippen LogP contribution in [0.2, 0.25) is 0 Å². The number of hydrogen-bond donors (Lipinski definition) is 2. The molecule has 1 unspecified atom stereocenters. The van der Waals surface area contributed by atoms with E-state index < -0.39 is 41.4 Å². The van der Waals surface area contributed by atoms with E-state index in [4.69, 9.17) is 14.2 Å². The highest BCUT2D eigenvalue weighted by Crippen LogP contribution is 2.37. The number of hydrogen-bond acceptors (Lipinski definition) is 9. The topological polar surface area (TPSA) is 115 Å². The Morgan fingerprint density at radius 2 is 1.76 bits per heavy atom. The molecule has 3 rings (SSSR count). The fourth-order valence-corrected chi connectivity index (χ4v) is 6.06. The number of carbonyl (C=O) groups is 2. The molecule has 0 saturated carbocycles. The van der Waals surface area contributed by atoms with E-state index in [2.05, 4.69) is 4.98 Å². The molecule has 1 aromatic rings. The lowest BCUT2D eigenvalue weighted by Crippen LogP contribution is -2.46. The van der Waals surface area contributed by atoms with E-state index in [9.17, 15) is 19.8 Å². The molecule has 0 spiro atoms. The van der Waals surface area contributed by atoms with Crippen molar-refractivity contribution in [3.05, 3.63) is 21.7 Å². The number of carbonyl (C=O) groups excluding carboxylic acids is 2. The Bertz CT molecular complexity index is 1020. The minimum atomic E-state index is -1.26.